The number of aromatic nitrogens is 7. The van der Waals surface area contributed by atoms with Crippen molar-refractivity contribution in [2.75, 3.05) is 5.32 Å². The van der Waals surface area contributed by atoms with E-state index in [2.05, 4.69) is 40.4 Å². The molecule has 154 valence electrons. The number of nitrogens with zero attached hydrogens (tertiary/aromatic N) is 5. The summed E-state index contributed by atoms with van der Waals surface area (Å²) in [7, 11) is 0. The maximum atomic E-state index is 12.3. The van der Waals surface area contributed by atoms with E-state index in [0.717, 1.165) is 27.5 Å². The zero-order chi connectivity index (χ0) is 21.6. The van der Waals surface area contributed by atoms with E-state index in [9.17, 15) is 4.79 Å². The quantitative estimate of drug-likeness (QED) is 0.412. The van der Waals surface area contributed by atoms with Crippen LogP contribution in [0.5, 0.6) is 0 Å². The van der Waals surface area contributed by atoms with Crippen LogP contribution in [-0.2, 0) is 4.79 Å². The van der Waals surface area contributed by atoms with Crippen LogP contribution in [0.25, 0.3) is 44.7 Å². The molecular weight excluding hydrogens is 392 g/mol. The number of carbonyl (C=O) groups excluding carboxylic acids is 1. The Balaban J connectivity index is 1.54. The zero-order valence-corrected chi connectivity index (χ0v) is 17.3. The topological polar surface area (TPSA) is 125 Å². The molecule has 5 aromatic heterocycles. The fourth-order valence-electron chi connectivity index (χ4n) is 3.19. The lowest BCUT2D eigenvalue weighted by Gasteiger charge is -2.17. The van der Waals surface area contributed by atoms with Crippen LogP contribution < -0.4 is 5.32 Å². The summed E-state index contributed by atoms with van der Waals surface area (Å²) in [6.45, 7) is 5.59. The second kappa shape index (κ2) is 6.98. The summed E-state index contributed by atoms with van der Waals surface area (Å²) < 4.78 is 0. The van der Waals surface area contributed by atoms with Gasteiger partial charge < -0.3 is 10.3 Å². The van der Waals surface area contributed by atoms with Crippen molar-refractivity contribution in [1.29, 1.82) is 0 Å². The molecule has 5 aromatic rings. The molecule has 0 saturated heterocycles. The van der Waals surface area contributed by atoms with E-state index in [4.69, 9.17) is 0 Å². The second-order valence-electron chi connectivity index (χ2n) is 8.33. The lowest BCUT2D eigenvalue weighted by molar-refractivity contribution is -0.123. The van der Waals surface area contributed by atoms with Crippen LogP contribution in [0.2, 0.25) is 0 Å². The van der Waals surface area contributed by atoms with Gasteiger partial charge in [-0.3, -0.25) is 24.8 Å². The molecule has 0 unspecified atom stereocenters. The largest absolute Gasteiger partial charge is 0.335 e. The summed E-state index contributed by atoms with van der Waals surface area (Å²) in [5.74, 6) is 0.571. The molecule has 3 N–H and O–H groups in total. The molecule has 0 aliphatic carbocycles. The first-order valence-electron chi connectivity index (χ1n) is 9.79. The molecule has 0 aromatic carbocycles. The van der Waals surface area contributed by atoms with Gasteiger partial charge in [0.1, 0.15) is 5.69 Å². The van der Waals surface area contributed by atoms with Crippen molar-refractivity contribution < 1.29 is 4.79 Å². The van der Waals surface area contributed by atoms with E-state index in [-0.39, 0.29) is 5.91 Å². The third kappa shape index (κ3) is 3.50. The van der Waals surface area contributed by atoms with Gasteiger partial charge in [0.25, 0.3) is 0 Å². The molecule has 0 aliphatic heterocycles. The Bertz CT molecular complexity index is 1390. The van der Waals surface area contributed by atoms with Crippen LogP contribution in [0.3, 0.4) is 0 Å². The first kappa shape index (κ1) is 18.9. The number of nitrogens with one attached hydrogen (secondary N) is 3. The molecule has 0 saturated carbocycles. The van der Waals surface area contributed by atoms with E-state index in [1.165, 1.54) is 0 Å². The average Bonchev–Trinajstić information content (AvgIpc) is 3.36. The normalized spacial score (nSPS) is 11.8. The number of aromatic amines is 2. The van der Waals surface area contributed by atoms with Gasteiger partial charge in [-0.05, 0) is 18.2 Å². The monoisotopic (exact) mass is 412 g/mol. The molecule has 31 heavy (non-hydrogen) atoms. The summed E-state index contributed by atoms with van der Waals surface area (Å²) in [5.41, 5.74) is 4.78. The van der Waals surface area contributed by atoms with Crippen LogP contribution in [0.4, 0.5) is 5.69 Å². The Morgan fingerprint density at radius 3 is 2.71 bits per heavy atom. The van der Waals surface area contributed by atoms with Gasteiger partial charge in [0.2, 0.25) is 5.91 Å². The number of carbonyl (C=O) groups is 1. The Hall–Kier alpha value is -4.14. The van der Waals surface area contributed by atoms with Gasteiger partial charge in [-0.25, -0.2) is 4.98 Å². The number of amides is 1. The lowest BCUT2D eigenvalue weighted by Crippen LogP contribution is -2.27. The van der Waals surface area contributed by atoms with E-state index < -0.39 is 5.41 Å². The molecule has 0 fully saturated rings. The third-order valence-electron chi connectivity index (χ3n) is 4.93. The second-order valence-corrected chi connectivity index (χ2v) is 8.33. The lowest BCUT2D eigenvalue weighted by atomic mass is 9.95. The Kier molecular flexibility index (Phi) is 4.25. The summed E-state index contributed by atoms with van der Waals surface area (Å²) >= 11 is 0. The van der Waals surface area contributed by atoms with E-state index in [1.807, 2.05) is 39.0 Å². The van der Waals surface area contributed by atoms with Gasteiger partial charge in [0, 0.05) is 28.8 Å². The molecule has 9 nitrogen and oxygen atoms in total. The molecule has 5 heterocycles. The summed E-state index contributed by atoms with van der Waals surface area (Å²) in [5, 5.41) is 11.2. The average molecular weight is 412 g/mol. The van der Waals surface area contributed by atoms with Crippen molar-refractivity contribution in [1.82, 2.24) is 35.1 Å². The highest BCUT2D eigenvalue weighted by Crippen LogP contribution is 2.29. The fraction of sp³-hybridized carbons (Fsp3) is 0.182. The minimum atomic E-state index is -0.499. The SMILES string of the molecule is CC(C)(C)C(=O)Nc1cncc(-c2cc3c(-c4nc5ccncc5[nH]4)n[nH]c3cn2)c1. The Morgan fingerprint density at radius 2 is 1.90 bits per heavy atom. The number of rotatable bonds is 3. The molecule has 9 heteroatoms. The van der Waals surface area contributed by atoms with Gasteiger partial charge in [0.15, 0.2) is 5.82 Å². The van der Waals surface area contributed by atoms with Crippen molar-refractivity contribution in [3.63, 3.8) is 0 Å². The number of anilines is 1. The molecule has 5 rings (SSSR count). The number of pyridine rings is 3. The van der Waals surface area contributed by atoms with Crippen LogP contribution in [0, 0.1) is 5.41 Å². The van der Waals surface area contributed by atoms with Crippen molar-refractivity contribution in [2.24, 2.45) is 5.41 Å². The highest BCUT2D eigenvalue weighted by atomic mass is 16.2. The predicted molar refractivity (Wildman–Crippen MR) is 118 cm³/mol. The number of imidazole rings is 1. The number of hydrogen-bond acceptors (Lipinski definition) is 6. The summed E-state index contributed by atoms with van der Waals surface area (Å²) in [4.78, 5) is 33.1. The maximum absolute atomic E-state index is 12.3. The van der Waals surface area contributed by atoms with E-state index in [1.54, 1.807) is 31.0 Å². The van der Waals surface area contributed by atoms with Crippen LogP contribution >= 0.6 is 0 Å². The molecule has 0 bridgehead atoms. The number of hydrogen-bond donors (Lipinski definition) is 3. The Labute approximate surface area is 177 Å². The van der Waals surface area contributed by atoms with Crippen molar-refractivity contribution in [2.45, 2.75) is 20.8 Å². The van der Waals surface area contributed by atoms with Gasteiger partial charge in [-0.1, -0.05) is 20.8 Å². The van der Waals surface area contributed by atoms with Crippen LogP contribution in [-0.4, -0.2) is 41.0 Å². The molecule has 0 aliphatic rings. The number of H-pyrrole nitrogens is 2. The zero-order valence-electron chi connectivity index (χ0n) is 17.3. The third-order valence-corrected chi connectivity index (χ3v) is 4.93. The minimum Gasteiger partial charge on any atom is -0.335 e. The first-order chi connectivity index (χ1) is 14.9. The maximum Gasteiger partial charge on any atom is 0.229 e. The molecule has 0 radical (unpaired) electrons. The standard InChI is InChI=1S/C22H20N8O/c1-22(2,3)21(31)26-13-6-12(8-24-9-13)16-7-14-17(11-25-16)29-30-19(14)20-27-15-4-5-23-10-18(15)28-20/h4-11H,1-3H3,(H,26,31)(H,27,28)(H,29,30). The van der Waals surface area contributed by atoms with E-state index >= 15 is 0 Å². The van der Waals surface area contributed by atoms with Crippen LogP contribution in [0.15, 0.2) is 49.2 Å². The molecule has 0 atom stereocenters. The minimum absolute atomic E-state index is 0.0774. The molecule has 1 amide bonds. The van der Waals surface area contributed by atoms with Crippen LogP contribution in [0.1, 0.15) is 20.8 Å². The van der Waals surface area contributed by atoms with Gasteiger partial charge in [-0.15, -0.1) is 0 Å². The highest BCUT2D eigenvalue weighted by Gasteiger charge is 2.21. The highest BCUT2D eigenvalue weighted by molar-refractivity contribution is 5.96. The van der Waals surface area contributed by atoms with Crippen molar-refractivity contribution in [3.05, 3.63) is 49.2 Å². The Morgan fingerprint density at radius 1 is 1.03 bits per heavy atom. The molecular formula is C22H20N8O. The first-order valence-corrected chi connectivity index (χ1v) is 9.79. The fourth-order valence-corrected chi connectivity index (χ4v) is 3.19. The van der Waals surface area contributed by atoms with Gasteiger partial charge >= 0.3 is 0 Å². The van der Waals surface area contributed by atoms with Crippen molar-refractivity contribution in [3.8, 4) is 22.8 Å². The molecule has 0 spiro atoms. The smallest absolute Gasteiger partial charge is 0.229 e. The van der Waals surface area contributed by atoms with Crippen molar-refractivity contribution >= 4 is 33.5 Å². The van der Waals surface area contributed by atoms with E-state index in [0.29, 0.717) is 22.9 Å². The summed E-state index contributed by atoms with van der Waals surface area (Å²) in [6, 6.07) is 5.64. The van der Waals surface area contributed by atoms with Gasteiger partial charge in [-0.2, -0.15) is 5.10 Å². The number of fused-ring (bicyclic) bond motifs is 2. The van der Waals surface area contributed by atoms with Gasteiger partial charge in [0.05, 0.1) is 46.5 Å². The summed E-state index contributed by atoms with van der Waals surface area (Å²) in [6.07, 6.45) is 8.50. The predicted octanol–water partition coefficient (Wildman–Crippen LogP) is 3.94.